The molecular weight excluding hydrogens is 408 g/mol. The van der Waals surface area contributed by atoms with Crippen LogP contribution in [-0.4, -0.2) is 21.3 Å². The number of benzene rings is 3. The number of carbonyl (C=O) groups is 1. The van der Waals surface area contributed by atoms with E-state index < -0.39 is 5.97 Å². The number of hydrogen-bond acceptors (Lipinski definition) is 5. The molecule has 1 heterocycles. The standard InChI is InChI=1S/C22H15ClN2O3S/c23-18-7-3-1-6-16(18)20-12-29-21(24-20)13-9-10-14(17(11-13)22(26)27)15-5-2-4-8-19(15)25-28/h1-12,25,28H,(H,26,27). The first kappa shape index (κ1) is 19.1. The van der Waals surface area contributed by atoms with Crippen molar-refractivity contribution in [2.45, 2.75) is 0 Å². The Balaban J connectivity index is 1.78. The summed E-state index contributed by atoms with van der Waals surface area (Å²) in [5.41, 5.74) is 6.03. The van der Waals surface area contributed by atoms with Crippen LogP contribution >= 0.6 is 22.9 Å². The number of carboxylic acids is 1. The average Bonchev–Trinajstić information content (AvgIpc) is 3.23. The van der Waals surface area contributed by atoms with Crippen LogP contribution in [0.3, 0.4) is 0 Å². The van der Waals surface area contributed by atoms with E-state index in [4.69, 9.17) is 11.6 Å². The SMILES string of the molecule is O=C(O)c1cc(-c2nc(-c3ccccc3Cl)cs2)ccc1-c1ccccc1NO. The Morgan fingerprint density at radius 1 is 0.966 bits per heavy atom. The molecule has 0 radical (unpaired) electrons. The molecule has 4 aromatic rings. The van der Waals surface area contributed by atoms with Gasteiger partial charge in [0.2, 0.25) is 0 Å². The third-order valence-electron chi connectivity index (χ3n) is 4.49. The predicted octanol–water partition coefficient (Wildman–Crippen LogP) is 6.30. The molecule has 7 heteroatoms. The Morgan fingerprint density at radius 2 is 1.69 bits per heavy atom. The third kappa shape index (κ3) is 3.73. The fraction of sp³-hybridized carbons (Fsp3) is 0. The summed E-state index contributed by atoms with van der Waals surface area (Å²) in [4.78, 5) is 16.6. The number of anilines is 1. The zero-order valence-electron chi connectivity index (χ0n) is 15.0. The van der Waals surface area contributed by atoms with E-state index in [1.54, 1.807) is 42.5 Å². The number of thiazole rings is 1. The van der Waals surface area contributed by atoms with Crippen molar-refractivity contribution >= 4 is 34.6 Å². The van der Waals surface area contributed by atoms with E-state index in [-0.39, 0.29) is 5.56 Å². The van der Waals surface area contributed by atoms with Gasteiger partial charge in [0.05, 0.1) is 16.9 Å². The van der Waals surface area contributed by atoms with Gasteiger partial charge < -0.3 is 5.11 Å². The molecule has 0 unspecified atom stereocenters. The zero-order valence-corrected chi connectivity index (χ0v) is 16.5. The Morgan fingerprint density at radius 3 is 2.41 bits per heavy atom. The number of aromatic carboxylic acids is 1. The van der Waals surface area contributed by atoms with Gasteiger partial charge in [0, 0.05) is 27.1 Å². The molecule has 4 rings (SSSR count). The molecule has 0 spiro atoms. The molecule has 0 fully saturated rings. The summed E-state index contributed by atoms with van der Waals surface area (Å²) in [7, 11) is 0. The van der Waals surface area contributed by atoms with Crippen molar-refractivity contribution in [2.24, 2.45) is 0 Å². The van der Waals surface area contributed by atoms with Gasteiger partial charge in [0.25, 0.3) is 0 Å². The molecule has 0 aliphatic carbocycles. The summed E-state index contributed by atoms with van der Waals surface area (Å²) < 4.78 is 0. The molecule has 29 heavy (non-hydrogen) atoms. The van der Waals surface area contributed by atoms with Crippen LogP contribution in [0.2, 0.25) is 5.02 Å². The lowest BCUT2D eigenvalue weighted by Gasteiger charge is -2.12. The van der Waals surface area contributed by atoms with Crippen molar-refractivity contribution in [3.05, 3.63) is 82.7 Å². The van der Waals surface area contributed by atoms with Crippen molar-refractivity contribution in [1.29, 1.82) is 0 Å². The van der Waals surface area contributed by atoms with Crippen LogP contribution in [0.5, 0.6) is 0 Å². The van der Waals surface area contributed by atoms with Crippen LogP contribution in [0.15, 0.2) is 72.1 Å². The van der Waals surface area contributed by atoms with Gasteiger partial charge in [-0.15, -0.1) is 11.3 Å². The summed E-state index contributed by atoms with van der Waals surface area (Å²) in [5, 5.41) is 22.3. The smallest absolute Gasteiger partial charge is 0.336 e. The van der Waals surface area contributed by atoms with Crippen LogP contribution in [0, 0.1) is 0 Å². The average molecular weight is 423 g/mol. The first-order valence-electron chi connectivity index (χ1n) is 8.66. The van der Waals surface area contributed by atoms with Gasteiger partial charge in [0.1, 0.15) is 5.01 Å². The lowest BCUT2D eigenvalue weighted by Crippen LogP contribution is -2.02. The molecular formula is C22H15ClN2O3S. The molecule has 0 saturated heterocycles. The van der Waals surface area contributed by atoms with Crippen molar-refractivity contribution in [2.75, 3.05) is 5.48 Å². The number of rotatable bonds is 5. The van der Waals surface area contributed by atoms with Gasteiger partial charge >= 0.3 is 5.97 Å². The van der Waals surface area contributed by atoms with E-state index in [2.05, 4.69) is 10.5 Å². The molecule has 1 aromatic heterocycles. The molecule has 144 valence electrons. The van der Waals surface area contributed by atoms with Crippen molar-refractivity contribution in [3.8, 4) is 33.0 Å². The first-order valence-corrected chi connectivity index (χ1v) is 9.92. The second-order valence-corrected chi connectivity index (χ2v) is 7.51. The number of aromatic nitrogens is 1. The maximum absolute atomic E-state index is 11.9. The highest BCUT2D eigenvalue weighted by Gasteiger charge is 2.17. The Labute approximate surface area is 175 Å². The fourth-order valence-electron chi connectivity index (χ4n) is 3.10. The molecule has 0 amide bonds. The van der Waals surface area contributed by atoms with Gasteiger partial charge in [-0.25, -0.2) is 9.78 Å². The number of para-hydroxylation sites is 1. The largest absolute Gasteiger partial charge is 0.478 e. The number of carboxylic acid groups (broad SMARTS) is 1. The summed E-state index contributed by atoms with van der Waals surface area (Å²) in [6.07, 6.45) is 0. The number of nitrogens with one attached hydrogen (secondary N) is 1. The monoisotopic (exact) mass is 422 g/mol. The molecule has 0 saturated carbocycles. The molecule has 0 aliphatic heterocycles. The lowest BCUT2D eigenvalue weighted by molar-refractivity contribution is 0.0698. The molecule has 0 aliphatic rings. The highest BCUT2D eigenvalue weighted by Crippen LogP contribution is 2.36. The lowest BCUT2D eigenvalue weighted by atomic mass is 9.96. The Hall–Kier alpha value is -3.19. The van der Waals surface area contributed by atoms with Gasteiger partial charge in [0.15, 0.2) is 0 Å². The topological polar surface area (TPSA) is 82.5 Å². The van der Waals surface area contributed by atoms with Crippen LogP contribution in [0.4, 0.5) is 5.69 Å². The van der Waals surface area contributed by atoms with Crippen molar-refractivity contribution < 1.29 is 15.1 Å². The minimum Gasteiger partial charge on any atom is -0.478 e. The minimum atomic E-state index is -1.06. The zero-order chi connectivity index (χ0) is 20.4. The second kappa shape index (κ2) is 8.05. The quantitative estimate of drug-likeness (QED) is 0.329. The van der Waals surface area contributed by atoms with E-state index in [0.29, 0.717) is 32.4 Å². The van der Waals surface area contributed by atoms with E-state index in [0.717, 1.165) is 11.3 Å². The number of halogens is 1. The van der Waals surface area contributed by atoms with Crippen molar-refractivity contribution in [3.63, 3.8) is 0 Å². The maximum Gasteiger partial charge on any atom is 0.336 e. The van der Waals surface area contributed by atoms with E-state index >= 15 is 0 Å². The minimum absolute atomic E-state index is 0.125. The normalized spacial score (nSPS) is 10.7. The molecule has 3 aromatic carbocycles. The van der Waals surface area contributed by atoms with Crippen LogP contribution < -0.4 is 5.48 Å². The first-order chi connectivity index (χ1) is 14.1. The second-order valence-electron chi connectivity index (χ2n) is 6.24. The fourth-order valence-corrected chi connectivity index (χ4v) is 4.15. The predicted molar refractivity (Wildman–Crippen MR) is 116 cm³/mol. The van der Waals surface area contributed by atoms with Gasteiger partial charge in [-0.1, -0.05) is 60.1 Å². The van der Waals surface area contributed by atoms with Crippen LogP contribution in [0.1, 0.15) is 10.4 Å². The Bertz CT molecular complexity index is 1210. The number of hydrogen-bond donors (Lipinski definition) is 3. The van der Waals surface area contributed by atoms with Gasteiger partial charge in [-0.05, 0) is 23.8 Å². The van der Waals surface area contributed by atoms with E-state index in [1.807, 2.05) is 29.6 Å². The summed E-state index contributed by atoms with van der Waals surface area (Å²) in [5.74, 6) is -1.06. The summed E-state index contributed by atoms with van der Waals surface area (Å²) >= 11 is 7.68. The van der Waals surface area contributed by atoms with Gasteiger partial charge in [-0.3, -0.25) is 10.7 Å². The number of nitrogens with zero attached hydrogens (tertiary/aromatic N) is 1. The molecule has 5 nitrogen and oxygen atoms in total. The molecule has 3 N–H and O–H groups in total. The summed E-state index contributed by atoms with van der Waals surface area (Å²) in [6.45, 7) is 0. The molecule has 0 atom stereocenters. The Kier molecular flexibility index (Phi) is 5.31. The van der Waals surface area contributed by atoms with E-state index in [1.165, 1.54) is 11.3 Å². The van der Waals surface area contributed by atoms with Crippen LogP contribution in [0.25, 0.3) is 33.0 Å². The third-order valence-corrected chi connectivity index (χ3v) is 5.71. The molecule has 0 bridgehead atoms. The highest BCUT2D eigenvalue weighted by atomic mass is 35.5. The highest BCUT2D eigenvalue weighted by molar-refractivity contribution is 7.13. The maximum atomic E-state index is 11.9. The van der Waals surface area contributed by atoms with Crippen LogP contribution in [-0.2, 0) is 0 Å². The van der Waals surface area contributed by atoms with E-state index in [9.17, 15) is 15.1 Å². The van der Waals surface area contributed by atoms with Gasteiger partial charge in [-0.2, -0.15) is 0 Å². The van der Waals surface area contributed by atoms with Crippen molar-refractivity contribution in [1.82, 2.24) is 4.98 Å². The summed E-state index contributed by atoms with van der Waals surface area (Å²) in [6, 6.07) is 19.6.